The molecule has 1 aromatic rings. The van der Waals surface area contributed by atoms with Crippen molar-refractivity contribution < 1.29 is 4.39 Å². The second-order valence-corrected chi connectivity index (χ2v) is 3.68. The zero-order chi connectivity index (χ0) is 10.6. The lowest BCUT2D eigenvalue weighted by Gasteiger charge is -2.01. The molecule has 0 radical (unpaired) electrons. The molecule has 0 aromatic heterocycles. The Morgan fingerprint density at radius 2 is 2.36 bits per heavy atom. The average molecular weight is 254 g/mol. The Kier molecular flexibility index (Phi) is 3.84. The van der Waals surface area contributed by atoms with E-state index < -0.39 is 0 Å². The van der Waals surface area contributed by atoms with Crippen LogP contribution in [0.5, 0.6) is 0 Å². The molecule has 1 rings (SSSR count). The molecule has 0 aliphatic heterocycles. The molecule has 72 valence electrons. The van der Waals surface area contributed by atoms with E-state index >= 15 is 0 Å². The Hall–Kier alpha value is -1.14. The van der Waals surface area contributed by atoms with E-state index in [0.29, 0.717) is 15.6 Å². The summed E-state index contributed by atoms with van der Waals surface area (Å²) in [6, 6.07) is 6.67. The summed E-state index contributed by atoms with van der Waals surface area (Å²) < 4.78 is 14.1. The molecule has 3 heteroatoms. The molecule has 0 N–H and O–H groups in total. The fourth-order valence-electron chi connectivity index (χ4n) is 1.13. The van der Waals surface area contributed by atoms with Crippen molar-refractivity contribution in [3.8, 4) is 6.07 Å². The smallest absolute Gasteiger partial charge is 0.132 e. The highest BCUT2D eigenvalue weighted by Crippen LogP contribution is 2.21. The maximum Gasteiger partial charge on any atom is 0.132 e. The Morgan fingerprint density at radius 1 is 1.64 bits per heavy atom. The molecule has 0 aliphatic rings. The van der Waals surface area contributed by atoms with Crippen molar-refractivity contribution in [2.45, 2.75) is 13.3 Å². The molecule has 0 aliphatic carbocycles. The van der Waals surface area contributed by atoms with E-state index in [4.69, 9.17) is 5.26 Å². The number of allylic oxidation sites excluding steroid dienone is 2. The molecule has 0 unspecified atom stereocenters. The predicted molar refractivity (Wildman–Crippen MR) is 58.0 cm³/mol. The summed E-state index contributed by atoms with van der Waals surface area (Å²) >= 11 is 3.16. The minimum Gasteiger partial charge on any atom is -0.206 e. The Bertz CT molecular complexity index is 404. The number of hydrogen-bond donors (Lipinski definition) is 0. The number of nitrogens with zero attached hydrogens (tertiary/aromatic N) is 1. The van der Waals surface area contributed by atoms with Crippen molar-refractivity contribution in [1.82, 2.24) is 0 Å². The molecule has 0 bridgehead atoms. The predicted octanol–water partition coefficient (Wildman–Crippen LogP) is 3.91. The van der Waals surface area contributed by atoms with Crippen molar-refractivity contribution in [3.05, 3.63) is 40.1 Å². The van der Waals surface area contributed by atoms with Crippen molar-refractivity contribution in [2.75, 3.05) is 0 Å². The van der Waals surface area contributed by atoms with Gasteiger partial charge in [0.25, 0.3) is 0 Å². The molecule has 0 saturated heterocycles. The van der Waals surface area contributed by atoms with Gasteiger partial charge in [0.05, 0.1) is 11.6 Å². The van der Waals surface area contributed by atoms with E-state index in [2.05, 4.69) is 15.9 Å². The van der Waals surface area contributed by atoms with Crippen LogP contribution >= 0.6 is 15.9 Å². The van der Waals surface area contributed by atoms with Crippen LogP contribution in [0.1, 0.15) is 18.9 Å². The molecular formula is C11H9BrFN. The van der Waals surface area contributed by atoms with Gasteiger partial charge in [-0.1, -0.05) is 28.9 Å². The van der Waals surface area contributed by atoms with E-state index in [1.807, 2.05) is 13.0 Å². The quantitative estimate of drug-likeness (QED) is 0.734. The Balaban J connectivity index is 3.19. The van der Waals surface area contributed by atoms with Crippen LogP contribution in [0.2, 0.25) is 0 Å². The van der Waals surface area contributed by atoms with Gasteiger partial charge in [-0.3, -0.25) is 0 Å². The number of rotatable bonds is 2. The zero-order valence-electron chi connectivity index (χ0n) is 7.72. The summed E-state index contributed by atoms with van der Waals surface area (Å²) in [4.78, 5) is 0. The minimum atomic E-state index is -0.374. The van der Waals surface area contributed by atoms with Gasteiger partial charge in [-0.25, -0.2) is 4.39 Å². The van der Waals surface area contributed by atoms with Gasteiger partial charge < -0.3 is 0 Å². The van der Waals surface area contributed by atoms with Crippen molar-refractivity contribution in [2.24, 2.45) is 0 Å². The fourth-order valence-corrected chi connectivity index (χ4v) is 1.46. The first-order chi connectivity index (χ1) is 6.69. The number of hydrogen-bond acceptors (Lipinski definition) is 1. The van der Waals surface area contributed by atoms with E-state index in [1.165, 1.54) is 6.07 Å². The van der Waals surface area contributed by atoms with Gasteiger partial charge in [-0.05, 0) is 24.6 Å². The summed E-state index contributed by atoms with van der Waals surface area (Å²) in [5.74, 6) is -0.374. The van der Waals surface area contributed by atoms with Crippen LogP contribution in [0.25, 0.3) is 5.57 Å². The van der Waals surface area contributed by atoms with Gasteiger partial charge in [-0.15, -0.1) is 0 Å². The summed E-state index contributed by atoms with van der Waals surface area (Å²) in [5, 5.41) is 8.81. The summed E-state index contributed by atoms with van der Waals surface area (Å²) in [5.41, 5.74) is 0.745. The van der Waals surface area contributed by atoms with Crippen LogP contribution in [0, 0.1) is 17.1 Å². The minimum absolute atomic E-state index is 0.359. The van der Waals surface area contributed by atoms with Gasteiger partial charge in [0.1, 0.15) is 5.82 Å². The first kappa shape index (κ1) is 10.9. The number of halogens is 2. The van der Waals surface area contributed by atoms with Crippen molar-refractivity contribution in [1.29, 1.82) is 5.26 Å². The maximum absolute atomic E-state index is 13.4. The second kappa shape index (κ2) is 4.92. The molecule has 0 amide bonds. The van der Waals surface area contributed by atoms with E-state index in [1.54, 1.807) is 18.2 Å². The van der Waals surface area contributed by atoms with Crippen LogP contribution in [0.3, 0.4) is 0 Å². The molecule has 14 heavy (non-hydrogen) atoms. The van der Waals surface area contributed by atoms with E-state index in [0.717, 1.165) is 6.42 Å². The highest BCUT2D eigenvalue weighted by molar-refractivity contribution is 9.10. The molecule has 1 aromatic carbocycles. The van der Waals surface area contributed by atoms with E-state index in [9.17, 15) is 4.39 Å². The molecule has 1 nitrogen and oxygen atoms in total. The monoisotopic (exact) mass is 253 g/mol. The second-order valence-electron chi connectivity index (χ2n) is 2.76. The van der Waals surface area contributed by atoms with E-state index in [-0.39, 0.29) is 5.82 Å². The first-order valence-electron chi connectivity index (χ1n) is 4.24. The first-order valence-corrected chi connectivity index (χ1v) is 5.04. The van der Waals surface area contributed by atoms with Crippen molar-refractivity contribution >= 4 is 21.5 Å². The highest BCUT2D eigenvalue weighted by Gasteiger charge is 2.06. The lowest BCUT2D eigenvalue weighted by Crippen LogP contribution is -1.87. The van der Waals surface area contributed by atoms with Gasteiger partial charge in [0.15, 0.2) is 0 Å². The van der Waals surface area contributed by atoms with Gasteiger partial charge >= 0.3 is 0 Å². The molecule has 0 heterocycles. The van der Waals surface area contributed by atoms with Gasteiger partial charge in [0.2, 0.25) is 0 Å². The summed E-state index contributed by atoms with van der Waals surface area (Å²) in [6.07, 6.45) is 2.44. The topological polar surface area (TPSA) is 23.8 Å². The molecule has 0 fully saturated rings. The lowest BCUT2D eigenvalue weighted by atomic mass is 10.1. The SMILES string of the molecule is CCC=C(C#N)c1ccc(Br)cc1F. The zero-order valence-corrected chi connectivity index (χ0v) is 9.31. The largest absolute Gasteiger partial charge is 0.206 e. The molecule has 0 atom stereocenters. The third kappa shape index (κ3) is 2.43. The third-order valence-electron chi connectivity index (χ3n) is 1.75. The fraction of sp³-hybridized carbons (Fsp3) is 0.182. The lowest BCUT2D eigenvalue weighted by molar-refractivity contribution is 0.623. The van der Waals surface area contributed by atoms with Crippen LogP contribution in [-0.2, 0) is 0 Å². The third-order valence-corrected chi connectivity index (χ3v) is 2.24. The Labute approximate surface area is 91.0 Å². The number of nitriles is 1. The molecule has 0 saturated carbocycles. The van der Waals surface area contributed by atoms with Gasteiger partial charge in [0, 0.05) is 10.0 Å². The number of benzene rings is 1. The van der Waals surface area contributed by atoms with Crippen LogP contribution < -0.4 is 0 Å². The Morgan fingerprint density at radius 3 is 2.86 bits per heavy atom. The molecular weight excluding hydrogens is 245 g/mol. The van der Waals surface area contributed by atoms with Crippen molar-refractivity contribution in [3.63, 3.8) is 0 Å². The maximum atomic E-state index is 13.4. The normalized spacial score (nSPS) is 11.1. The molecule has 0 spiro atoms. The van der Waals surface area contributed by atoms with Crippen LogP contribution in [0.4, 0.5) is 4.39 Å². The standard InChI is InChI=1S/C11H9BrFN/c1-2-3-8(7-14)10-5-4-9(12)6-11(10)13/h3-6H,2H2,1H3. The average Bonchev–Trinajstić information content (AvgIpc) is 2.15. The highest BCUT2D eigenvalue weighted by atomic mass is 79.9. The van der Waals surface area contributed by atoms with Gasteiger partial charge in [-0.2, -0.15) is 5.26 Å². The summed E-state index contributed by atoms with van der Waals surface area (Å²) in [6.45, 7) is 1.91. The summed E-state index contributed by atoms with van der Waals surface area (Å²) in [7, 11) is 0. The van der Waals surface area contributed by atoms with Crippen LogP contribution in [0.15, 0.2) is 28.7 Å². The van der Waals surface area contributed by atoms with Crippen LogP contribution in [-0.4, -0.2) is 0 Å².